The van der Waals surface area contributed by atoms with E-state index in [-0.39, 0.29) is 0 Å². The monoisotopic (exact) mass is 368 g/mol. The molecule has 0 aliphatic carbocycles. The van der Waals surface area contributed by atoms with Crippen LogP contribution in [-0.2, 0) is 0 Å². The lowest BCUT2D eigenvalue weighted by molar-refractivity contribution is 0.262. The molecule has 128 valence electrons. The number of benzene rings is 2. The summed E-state index contributed by atoms with van der Waals surface area (Å²) in [7, 11) is 0. The summed E-state index contributed by atoms with van der Waals surface area (Å²) >= 11 is 11.8. The van der Waals surface area contributed by atoms with Gasteiger partial charge in [-0.25, -0.2) is 4.79 Å². The first-order chi connectivity index (χ1) is 11.5. The molecule has 2 aromatic rings. The molecule has 24 heavy (non-hydrogen) atoms. The Hall–Kier alpha value is -2.11. The zero-order valence-corrected chi connectivity index (χ0v) is 14.9. The first-order valence-corrected chi connectivity index (χ1v) is 8.21. The van der Waals surface area contributed by atoms with E-state index in [0.717, 1.165) is 0 Å². The highest BCUT2D eigenvalue weighted by Gasteiger charge is 2.09. The number of ether oxygens (including phenoxy) is 2. The number of rotatable bonds is 6. The van der Waals surface area contributed by atoms with Crippen molar-refractivity contribution in [1.82, 2.24) is 0 Å². The molecule has 0 heterocycles. The highest BCUT2D eigenvalue weighted by atomic mass is 35.5. The van der Waals surface area contributed by atoms with Crippen molar-refractivity contribution in [3.05, 3.63) is 46.4 Å². The van der Waals surface area contributed by atoms with Crippen molar-refractivity contribution in [3.63, 3.8) is 0 Å². The first kappa shape index (κ1) is 18.2. The smallest absolute Gasteiger partial charge is 0.323 e. The third-order valence-electron chi connectivity index (χ3n) is 2.98. The maximum absolute atomic E-state index is 12.1. The number of carbonyl (C=O) groups is 1. The molecule has 5 nitrogen and oxygen atoms in total. The second-order valence-corrected chi connectivity index (χ2v) is 5.55. The van der Waals surface area contributed by atoms with Gasteiger partial charge in [0.1, 0.15) is 0 Å². The van der Waals surface area contributed by atoms with E-state index in [1.807, 2.05) is 13.8 Å². The van der Waals surface area contributed by atoms with Gasteiger partial charge >= 0.3 is 6.03 Å². The number of anilines is 2. The van der Waals surface area contributed by atoms with Crippen LogP contribution in [0, 0.1) is 0 Å². The van der Waals surface area contributed by atoms with Gasteiger partial charge in [0.2, 0.25) is 0 Å². The molecule has 0 aliphatic heterocycles. The highest BCUT2D eigenvalue weighted by Crippen LogP contribution is 2.31. The van der Waals surface area contributed by atoms with Gasteiger partial charge in [-0.1, -0.05) is 23.2 Å². The highest BCUT2D eigenvalue weighted by molar-refractivity contribution is 6.42. The number of nitrogens with one attached hydrogen (secondary N) is 2. The van der Waals surface area contributed by atoms with Crippen molar-refractivity contribution in [2.75, 3.05) is 23.8 Å². The minimum Gasteiger partial charge on any atom is -0.490 e. The predicted molar refractivity (Wildman–Crippen MR) is 97.9 cm³/mol. The first-order valence-electron chi connectivity index (χ1n) is 7.46. The number of hydrogen-bond acceptors (Lipinski definition) is 3. The quantitative estimate of drug-likeness (QED) is 0.713. The van der Waals surface area contributed by atoms with Crippen molar-refractivity contribution in [2.24, 2.45) is 0 Å². The summed E-state index contributed by atoms with van der Waals surface area (Å²) in [5, 5.41) is 6.21. The molecule has 2 aromatic carbocycles. The van der Waals surface area contributed by atoms with Crippen molar-refractivity contribution in [1.29, 1.82) is 0 Å². The Labute approximate surface area is 150 Å². The summed E-state index contributed by atoms with van der Waals surface area (Å²) < 4.78 is 11.0. The van der Waals surface area contributed by atoms with E-state index in [4.69, 9.17) is 32.7 Å². The Kier molecular flexibility index (Phi) is 6.58. The predicted octanol–water partition coefficient (Wildman–Crippen LogP) is 5.43. The van der Waals surface area contributed by atoms with Crippen LogP contribution in [-0.4, -0.2) is 19.2 Å². The lowest BCUT2D eigenvalue weighted by Gasteiger charge is -2.13. The molecule has 0 saturated heterocycles. The normalized spacial score (nSPS) is 10.2. The average Bonchev–Trinajstić information content (AvgIpc) is 2.54. The number of hydrogen-bond donors (Lipinski definition) is 2. The zero-order valence-electron chi connectivity index (χ0n) is 13.4. The molecule has 0 aliphatic rings. The van der Waals surface area contributed by atoms with E-state index < -0.39 is 6.03 Å². The van der Waals surface area contributed by atoms with Crippen molar-refractivity contribution < 1.29 is 14.3 Å². The van der Waals surface area contributed by atoms with Gasteiger partial charge in [0.25, 0.3) is 0 Å². The molecule has 0 unspecified atom stereocenters. The molecular weight excluding hydrogens is 351 g/mol. The van der Waals surface area contributed by atoms with Crippen LogP contribution in [0.15, 0.2) is 36.4 Å². The molecule has 2 amide bonds. The molecule has 0 bridgehead atoms. The number of halogens is 2. The van der Waals surface area contributed by atoms with Gasteiger partial charge in [0.05, 0.1) is 23.3 Å². The lowest BCUT2D eigenvalue weighted by atomic mass is 10.2. The molecule has 7 heteroatoms. The lowest BCUT2D eigenvalue weighted by Crippen LogP contribution is -2.19. The maximum atomic E-state index is 12.1. The molecule has 2 rings (SSSR count). The largest absolute Gasteiger partial charge is 0.490 e. The van der Waals surface area contributed by atoms with Crippen LogP contribution in [0.3, 0.4) is 0 Å². The summed E-state index contributed by atoms with van der Waals surface area (Å²) in [6.45, 7) is 4.81. The molecule has 0 saturated carbocycles. The van der Waals surface area contributed by atoms with Gasteiger partial charge < -0.3 is 20.1 Å². The third kappa shape index (κ3) is 4.94. The second kappa shape index (κ2) is 8.66. The minimum atomic E-state index is -0.403. The number of carbonyl (C=O) groups excluding carboxylic acids is 1. The van der Waals surface area contributed by atoms with E-state index in [1.54, 1.807) is 36.4 Å². The van der Waals surface area contributed by atoms with Gasteiger partial charge in [-0.2, -0.15) is 0 Å². The SMILES string of the molecule is CCOc1ccc(NC(=O)Nc2ccc(Cl)c(Cl)c2)cc1OCC. The minimum absolute atomic E-state index is 0.370. The fourth-order valence-electron chi connectivity index (χ4n) is 2.00. The van der Waals surface area contributed by atoms with E-state index in [9.17, 15) is 4.79 Å². The molecular formula is C17H18Cl2N2O3. The van der Waals surface area contributed by atoms with Crippen LogP contribution < -0.4 is 20.1 Å². The Morgan fingerprint density at radius 3 is 2.08 bits per heavy atom. The van der Waals surface area contributed by atoms with Crippen LogP contribution in [0.5, 0.6) is 11.5 Å². The second-order valence-electron chi connectivity index (χ2n) is 4.74. The van der Waals surface area contributed by atoms with Crippen LogP contribution in [0.25, 0.3) is 0 Å². The summed E-state index contributed by atoms with van der Waals surface area (Å²) in [6, 6.07) is 9.66. The summed E-state index contributed by atoms with van der Waals surface area (Å²) in [6.07, 6.45) is 0. The topological polar surface area (TPSA) is 59.6 Å². The van der Waals surface area contributed by atoms with Crippen LogP contribution in [0.1, 0.15) is 13.8 Å². The fourth-order valence-corrected chi connectivity index (χ4v) is 2.29. The Morgan fingerprint density at radius 2 is 1.46 bits per heavy atom. The molecule has 2 N–H and O–H groups in total. The summed E-state index contributed by atoms with van der Waals surface area (Å²) in [5.41, 5.74) is 1.12. The third-order valence-corrected chi connectivity index (χ3v) is 3.72. The van der Waals surface area contributed by atoms with Crippen LogP contribution in [0.4, 0.5) is 16.2 Å². The van der Waals surface area contributed by atoms with Gasteiger partial charge in [-0.15, -0.1) is 0 Å². The number of urea groups is 1. The van der Waals surface area contributed by atoms with Crippen molar-refractivity contribution in [2.45, 2.75) is 13.8 Å². The van der Waals surface area contributed by atoms with Crippen LogP contribution >= 0.6 is 23.2 Å². The van der Waals surface area contributed by atoms with E-state index in [0.29, 0.717) is 46.1 Å². The molecule has 0 atom stereocenters. The Morgan fingerprint density at radius 1 is 0.875 bits per heavy atom. The van der Waals surface area contributed by atoms with E-state index >= 15 is 0 Å². The molecule has 0 fully saturated rings. The zero-order chi connectivity index (χ0) is 17.5. The van der Waals surface area contributed by atoms with Gasteiger partial charge in [0.15, 0.2) is 11.5 Å². The Bertz CT molecular complexity index is 723. The van der Waals surface area contributed by atoms with Gasteiger partial charge in [-0.05, 0) is 44.2 Å². The van der Waals surface area contributed by atoms with Gasteiger partial charge in [0, 0.05) is 17.4 Å². The van der Waals surface area contributed by atoms with Crippen LogP contribution in [0.2, 0.25) is 10.0 Å². The summed E-state index contributed by atoms with van der Waals surface area (Å²) in [4.78, 5) is 12.1. The van der Waals surface area contributed by atoms with E-state index in [2.05, 4.69) is 10.6 Å². The molecule has 0 radical (unpaired) electrons. The fraction of sp³-hybridized carbons (Fsp3) is 0.235. The van der Waals surface area contributed by atoms with Crippen molar-refractivity contribution in [3.8, 4) is 11.5 Å². The van der Waals surface area contributed by atoms with E-state index in [1.165, 1.54) is 0 Å². The van der Waals surface area contributed by atoms with Crippen molar-refractivity contribution >= 4 is 40.6 Å². The number of amides is 2. The summed E-state index contributed by atoms with van der Waals surface area (Å²) in [5.74, 6) is 1.21. The molecule has 0 aromatic heterocycles. The standard InChI is InChI=1S/C17H18Cl2N2O3/c1-3-23-15-8-6-12(10-16(15)24-4-2)21-17(22)20-11-5-7-13(18)14(19)9-11/h5-10H,3-4H2,1-2H3,(H2,20,21,22). The average molecular weight is 369 g/mol. The maximum Gasteiger partial charge on any atom is 0.323 e. The Balaban J connectivity index is 2.07. The van der Waals surface area contributed by atoms with Gasteiger partial charge in [-0.3, -0.25) is 0 Å². The molecule has 0 spiro atoms.